The molecule has 0 aliphatic carbocycles. The quantitative estimate of drug-likeness (QED) is 0.0282. The predicted molar refractivity (Wildman–Crippen MR) is 231 cm³/mol. The third-order valence-corrected chi connectivity index (χ3v) is 10.1. The number of allylic oxidation sites excluding steroid dienone is 6. The molecule has 0 aliphatic rings. The molecule has 0 aromatic heterocycles. The van der Waals surface area contributed by atoms with Gasteiger partial charge in [-0.05, 0) is 53.4 Å². The van der Waals surface area contributed by atoms with Gasteiger partial charge in [0.15, 0.2) is 0 Å². The summed E-state index contributed by atoms with van der Waals surface area (Å²) in [7, 11) is 0. The van der Waals surface area contributed by atoms with Crippen LogP contribution in [-0.4, -0.2) is 46.0 Å². The van der Waals surface area contributed by atoms with Gasteiger partial charge in [0, 0.05) is 0 Å². The maximum absolute atomic E-state index is 14.2. The second-order valence-electron chi connectivity index (χ2n) is 14.9. The summed E-state index contributed by atoms with van der Waals surface area (Å²) in [4.78, 5) is 79.1. The predicted octanol–water partition coefficient (Wildman–Crippen LogP) is 11.8. The van der Waals surface area contributed by atoms with E-state index in [0.717, 1.165) is 38.5 Å². The van der Waals surface area contributed by atoms with E-state index in [2.05, 4.69) is 13.8 Å². The molecular formula is C48H74O10. The number of hydrogen-bond donors (Lipinski definition) is 2. The van der Waals surface area contributed by atoms with Crippen LogP contribution in [0.5, 0.6) is 0 Å². The molecule has 2 N–H and O–H groups in total. The normalized spacial score (nSPS) is 15.3. The van der Waals surface area contributed by atoms with E-state index in [1.165, 1.54) is 125 Å². The van der Waals surface area contributed by atoms with Crippen LogP contribution in [-0.2, 0) is 38.2 Å². The zero-order valence-electron chi connectivity index (χ0n) is 36.4. The molecule has 0 fully saturated rings. The van der Waals surface area contributed by atoms with Gasteiger partial charge < -0.3 is 19.7 Å². The monoisotopic (exact) mass is 811 g/mol. The van der Waals surface area contributed by atoms with Crippen LogP contribution in [0.15, 0.2) is 72.9 Å². The Balaban J connectivity index is 6.06. The first-order valence-electron chi connectivity index (χ1n) is 21.7. The van der Waals surface area contributed by atoms with Crippen molar-refractivity contribution in [3.63, 3.8) is 0 Å². The van der Waals surface area contributed by atoms with Crippen LogP contribution >= 0.6 is 0 Å². The Bertz CT molecular complexity index is 1280. The van der Waals surface area contributed by atoms with E-state index < -0.39 is 71.3 Å². The molecule has 0 rings (SSSR count). The lowest BCUT2D eigenvalue weighted by atomic mass is 9.61. The van der Waals surface area contributed by atoms with Crippen molar-refractivity contribution in [3.05, 3.63) is 72.9 Å². The summed E-state index contributed by atoms with van der Waals surface area (Å²) >= 11 is 0. The number of unbranched alkanes of at least 4 members (excludes halogenated alkanes) is 16. The summed E-state index contributed by atoms with van der Waals surface area (Å²) in [6.45, 7) is 10.7. The molecule has 0 bridgehead atoms. The molecule has 0 aromatic rings. The average molecular weight is 811 g/mol. The summed E-state index contributed by atoms with van der Waals surface area (Å²) in [6, 6.07) is 0. The highest BCUT2D eigenvalue weighted by atomic mass is 16.6. The van der Waals surface area contributed by atoms with Gasteiger partial charge in [0.1, 0.15) is 10.8 Å². The number of carboxylic acid groups (broad SMARTS) is 2. The van der Waals surface area contributed by atoms with Crippen LogP contribution in [0.2, 0.25) is 0 Å². The first kappa shape index (κ1) is 53.7. The minimum Gasteiger partial charge on any atom is -0.481 e. The summed E-state index contributed by atoms with van der Waals surface area (Å²) in [5.74, 6) is -9.64. The number of carbonyl (C=O) groups is 6. The van der Waals surface area contributed by atoms with Gasteiger partial charge in [0.2, 0.25) is 0 Å². The second-order valence-corrected chi connectivity index (χ2v) is 14.9. The Morgan fingerprint density at radius 1 is 0.466 bits per heavy atom. The number of esters is 4. The van der Waals surface area contributed by atoms with E-state index in [-0.39, 0.29) is 0 Å². The molecule has 2 unspecified atom stereocenters. The fraction of sp³-hybridized carbons (Fsp3) is 0.625. The highest BCUT2D eigenvalue weighted by molar-refractivity contribution is 6.01. The summed E-state index contributed by atoms with van der Waals surface area (Å²) in [5.41, 5.74) is -4.18. The lowest BCUT2D eigenvalue weighted by Crippen LogP contribution is -2.51. The smallest absolute Gasteiger partial charge is 0.329 e. The maximum atomic E-state index is 14.2. The Morgan fingerprint density at radius 3 is 1.00 bits per heavy atom. The number of carbonyl (C=O) groups excluding carboxylic acids is 4. The average Bonchev–Trinajstić information content (AvgIpc) is 3.17. The highest BCUT2D eigenvalue weighted by Crippen LogP contribution is 2.48. The molecular weight excluding hydrogens is 737 g/mol. The summed E-state index contributed by atoms with van der Waals surface area (Å²) < 4.78 is 10.7. The lowest BCUT2D eigenvalue weighted by Gasteiger charge is -2.39. The van der Waals surface area contributed by atoms with Gasteiger partial charge in [-0.2, -0.15) is 0 Å². The molecule has 326 valence electrons. The van der Waals surface area contributed by atoms with Crippen LogP contribution in [0.25, 0.3) is 0 Å². The van der Waals surface area contributed by atoms with Crippen molar-refractivity contribution in [3.8, 4) is 0 Å². The van der Waals surface area contributed by atoms with Gasteiger partial charge in [-0.25, -0.2) is 0 Å². The Labute approximate surface area is 349 Å². The second kappa shape index (κ2) is 32.6. The van der Waals surface area contributed by atoms with Gasteiger partial charge in [0.25, 0.3) is 0 Å². The number of carboxylic acids is 2. The SMILES string of the molecule is CC=CC(C=CC)(C(=O)OC(=O)CC(C=CCCCCCCCCCC)C(=O)O)C(C=CC)(C=CC)C(=O)OC(=O)CC(C=CCCCCCCCCCC)C(=O)O. The first-order chi connectivity index (χ1) is 27.9. The van der Waals surface area contributed by atoms with Gasteiger partial charge in [-0.15, -0.1) is 0 Å². The topological polar surface area (TPSA) is 161 Å². The van der Waals surface area contributed by atoms with Gasteiger partial charge in [-0.3, -0.25) is 28.8 Å². The van der Waals surface area contributed by atoms with Crippen LogP contribution in [0.3, 0.4) is 0 Å². The molecule has 0 heterocycles. The van der Waals surface area contributed by atoms with Crippen LogP contribution in [0.1, 0.15) is 170 Å². The molecule has 0 radical (unpaired) electrons. The minimum absolute atomic E-state index is 0.636. The Kier molecular flexibility index (Phi) is 30.2. The third-order valence-electron chi connectivity index (χ3n) is 10.1. The molecule has 0 saturated heterocycles. The molecule has 2 atom stereocenters. The summed E-state index contributed by atoms with van der Waals surface area (Å²) in [6.07, 6.45) is 35.8. The molecule has 58 heavy (non-hydrogen) atoms. The molecule has 0 aromatic carbocycles. The Morgan fingerprint density at radius 2 is 0.741 bits per heavy atom. The van der Waals surface area contributed by atoms with Crippen molar-refractivity contribution in [2.45, 2.75) is 170 Å². The maximum Gasteiger partial charge on any atom is 0.329 e. The Hall–Kier alpha value is -4.34. The van der Waals surface area contributed by atoms with Crippen molar-refractivity contribution in [1.29, 1.82) is 0 Å². The van der Waals surface area contributed by atoms with Crippen molar-refractivity contribution in [2.75, 3.05) is 0 Å². The number of ether oxygens (including phenoxy) is 2. The van der Waals surface area contributed by atoms with E-state index >= 15 is 0 Å². The van der Waals surface area contributed by atoms with Crippen LogP contribution < -0.4 is 0 Å². The van der Waals surface area contributed by atoms with Crippen LogP contribution in [0.4, 0.5) is 0 Å². The van der Waals surface area contributed by atoms with E-state index in [1.807, 2.05) is 0 Å². The molecule has 10 heteroatoms. The van der Waals surface area contributed by atoms with Gasteiger partial charge in [-0.1, -0.05) is 177 Å². The van der Waals surface area contributed by atoms with Crippen molar-refractivity contribution in [2.24, 2.45) is 22.7 Å². The molecule has 10 nitrogen and oxygen atoms in total. The van der Waals surface area contributed by atoms with E-state index in [1.54, 1.807) is 39.8 Å². The molecule has 0 aliphatic heterocycles. The van der Waals surface area contributed by atoms with Crippen molar-refractivity contribution < 1.29 is 48.5 Å². The van der Waals surface area contributed by atoms with Gasteiger partial charge in [0.05, 0.1) is 24.7 Å². The highest BCUT2D eigenvalue weighted by Gasteiger charge is 2.58. The molecule has 0 amide bonds. The molecule has 0 saturated carbocycles. The van der Waals surface area contributed by atoms with Gasteiger partial charge >= 0.3 is 35.8 Å². The standard InChI is InChI=1S/C48H74O10/c1-7-13-15-17-19-21-23-25-27-29-31-39(43(51)52)37-41(49)57-45(55)47(33-9-3,34-10-4)48(35-11-5,36-12-6)46(56)58-42(50)38-40(44(53)54)32-30-28-26-24-22-20-18-16-14-8-2/h9-12,29-36,39-40H,7-8,13-28,37-38H2,1-6H3,(H,51,52)(H,53,54). The minimum atomic E-state index is -2.09. The fourth-order valence-electron chi connectivity index (χ4n) is 6.93. The fourth-order valence-corrected chi connectivity index (χ4v) is 6.93. The third kappa shape index (κ3) is 20.4. The number of aliphatic carboxylic acids is 2. The zero-order chi connectivity index (χ0) is 43.7. The zero-order valence-corrected chi connectivity index (χ0v) is 36.4. The molecule has 0 spiro atoms. The van der Waals surface area contributed by atoms with E-state index in [0.29, 0.717) is 12.8 Å². The number of hydrogen-bond acceptors (Lipinski definition) is 8. The first-order valence-corrected chi connectivity index (χ1v) is 21.7. The van der Waals surface area contributed by atoms with E-state index in [9.17, 15) is 39.0 Å². The van der Waals surface area contributed by atoms with Crippen molar-refractivity contribution >= 4 is 35.8 Å². The lowest BCUT2D eigenvalue weighted by molar-refractivity contribution is -0.176. The number of rotatable bonds is 33. The summed E-state index contributed by atoms with van der Waals surface area (Å²) in [5, 5.41) is 19.7. The van der Waals surface area contributed by atoms with Crippen LogP contribution in [0, 0.1) is 22.7 Å². The largest absolute Gasteiger partial charge is 0.481 e. The van der Waals surface area contributed by atoms with E-state index in [4.69, 9.17) is 9.47 Å². The van der Waals surface area contributed by atoms with Crippen molar-refractivity contribution in [1.82, 2.24) is 0 Å².